The van der Waals surface area contributed by atoms with Crippen molar-refractivity contribution in [2.45, 2.75) is 66.8 Å². The van der Waals surface area contributed by atoms with Crippen LogP contribution in [0.15, 0.2) is 18.2 Å². The number of aryl methyl sites for hydroxylation is 2. The molecule has 0 aromatic heterocycles. The summed E-state index contributed by atoms with van der Waals surface area (Å²) in [5, 5.41) is 0. The van der Waals surface area contributed by atoms with E-state index in [9.17, 15) is 0 Å². The largest absolute Gasteiger partial charge is 0.327 e. The highest BCUT2D eigenvalue weighted by Gasteiger charge is 2.17. The second-order valence-electron chi connectivity index (χ2n) is 7.57. The molecule has 2 unspecified atom stereocenters. The summed E-state index contributed by atoms with van der Waals surface area (Å²) in [6.07, 6.45) is 3.36. The van der Waals surface area contributed by atoms with Gasteiger partial charge in [-0.15, -0.1) is 0 Å². The van der Waals surface area contributed by atoms with E-state index in [0.29, 0.717) is 11.3 Å². The Kier molecular flexibility index (Phi) is 5.61. The number of rotatable bonds is 5. The van der Waals surface area contributed by atoms with Gasteiger partial charge in [-0.3, -0.25) is 0 Å². The lowest BCUT2D eigenvalue weighted by molar-refractivity contribution is 0.285. The number of nitrogens with two attached hydrogens (primary N) is 1. The van der Waals surface area contributed by atoms with E-state index in [1.165, 1.54) is 23.1 Å². The highest BCUT2D eigenvalue weighted by atomic mass is 14.6. The predicted octanol–water partition coefficient (Wildman–Crippen LogP) is 4.64. The Balaban J connectivity index is 2.53. The molecule has 2 atom stereocenters. The minimum Gasteiger partial charge on any atom is -0.327 e. The van der Waals surface area contributed by atoms with Crippen molar-refractivity contribution < 1.29 is 0 Å². The average molecular weight is 261 g/mol. The van der Waals surface area contributed by atoms with Gasteiger partial charge in [-0.2, -0.15) is 0 Å². The lowest BCUT2D eigenvalue weighted by atomic mass is 9.82. The van der Waals surface area contributed by atoms with Crippen LogP contribution < -0.4 is 5.73 Å². The van der Waals surface area contributed by atoms with Gasteiger partial charge in [0.25, 0.3) is 0 Å². The van der Waals surface area contributed by atoms with Crippen LogP contribution >= 0.6 is 0 Å². The summed E-state index contributed by atoms with van der Waals surface area (Å²) >= 11 is 0. The van der Waals surface area contributed by atoms with Crippen LogP contribution in [0.5, 0.6) is 0 Å². The van der Waals surface area contributed by atoms with Crippen LogP contribution in [-0.4, -0.2) is 6.04 Å². The zero-order chi connectivity index (χ0) is 14.6. The molecule has 0 radical (unpaired) electrons. The summed E-state index contributed by atoms with van der Waals surface area (Å²) in [4.78, 5) is 0. The van der Waals surface area contributed by atoms with Crippen molar-refractivity contribution in [3.8, 4) is 0 Å². The summed E-state index contributed by atoms with van der Waals surface area (Å²) in [6.45, 7) is 13.6. The van der Waals surface area contributed by atoms with Crippen molar-refractivity contribution in [3.63, 3.8) is 0 Å². The maximum atomic E-state index is 6.33. The van der Waals surface area contributed by atoms with E-state index in [2.05, 4.69) is 59.7 Å². The number of hydrogen-bond donors (Lipinski definition) is 1. The Hall–Kier alpha value is -0.820. The summed E-state index contributed by atoms with van der Waals surface area (Å²) < 4.78 is 0. The first kappa shape index (κ1) is 16.2. The third kappa shape index (κ3) is 6.77. The van der Waals surface area contributed by atoms with Crippen LogP contribution in [0, 0.1) is 25.2 Å². The lowest BCUT2D eigenvalue weighted by Crippen LogP contribution is -2.27. The number of benzene rings is 1. The zero-order valence-electron chi connectivity index (χ0n) is 13.6. The monoisotopic (exact) mass is 261 g/mol. The van der Waals surface area contributed by atoms with Gasteiger partial charge >= 0.3 is 0 Å². The molecule has 1 aromatic rings. The molecular formula is C18H31N. The molecule has 1 nitrogen and oxygen atoms in total. The van der Waals surface area contributed by atoms with Crippen LogP contribution in [0.3, 0.4) is 0 Å². The highest BCUT2D eigenvalue weighted by molar-refractivity contribution is 5.29. The second-order valence-corrected chi connectivity index (χ2v) is 7.57. The maximum absolute atomic E-state index is 6.33. The third-order valence-electron chi connectivity index (χ3n) is 3.45. The van der Waals surface area contributed by atoms with E-state index < -0.39 is 0 Å². The topological polar surface area (TPSA) is 26.0 Å². The smallest absolute Gasteiger partial charge is 0.00818 e. The Morgan fingerprint density at radius 1 is 1.05 bits per heavy atom. The Morgan fingerprint density at radius 2 is 1.58 bits per heavy atom. The molecule has 0 saturated heterocycles. The third-order valence-corrected chi connectivity index (χ3v) is 3.45. The normalized spacial score (nSPS) is 15.3. The Morgan fingerprint density at radius 3 is 2.05 bits per heavy atom. The average Bonchev–Trinajstić information content (AvgIpc) is 2.10. The molecule has 0 aliphatic rings. The molecule has 1 aromatic carbocycles. The van der Waals surface area contributed by atoms with Crippen LogP contribution in [0.4, 0.5) is 0 Å². The van der Waals surface area contributed by atoms with Crippen LogP contribution in [0.1, 0.15) is 57.2 Å². The standard InChI is InChI=1S/C18H31N/c1-13-7-14(2)9-16(8-13)11-17(19)10-15(3)12-18(4,5)6/h7-9,15,17H,10-12,19H2,1-6H3. The summed E-state index contributed by atoms with van der Waals surface area (Å²) in [6, 6.07) is 7.03. The molecule has 1 rings (SSSR count). The minimum absolute atomic E-state index is 0.276. The molecule has 2 N–H and O–H groups in total. The summed E-state index contributed by atoms with van der Waals surface area (Å²) in [5.41, 5.74) is 10.8. The first-order valence-corrected chi connectivity index (χ1v) is 7.48. The Labute approximate surface area is 119 Å². The first-order chi connectivity index (χ1) is 8.65. The molecule has 0 bridgehead atoms. The van der Waals surface area contributed by atoms with Gasteiger partial charge < -0.3 is 5.73 Å². The SMILES string of the molecule is Cc1cc(C)cc(CC(N)CC(C)CC(C)(C)C)c1. The van der Waals surface area contributed by atoms with Gasteiger partial charge in [0.1, 0.15) is 0 Å². The molecular weight excluding hydrogens is 230 g/mol. The van der Waals surface area contributed by atoms with Crippen LogP contribution in [0.25, 0.3) is 0 Å². The van der Waals surface area contributed by atoms with Crippen molar-refractivity contribution in [2.24, 2.45) is 17.1 Å². The maximum Gasteiger partial charge on any atom is 0.00818 e. The van der Waals surface area contributed by atoms with Crippen molar-refractivity contribution in [3.05, 3.63) is 34.9 Å². The molecule has 0 aliphatic heterocycles. The van der Waals surface area contributed by atoms with Gasteiger partial charge in [0.15, 0.2) is 0 Å². The van der Waals surface area contributed by atoms with E-state index in [-0.39, 0.29) is 6.04 Å². The fourth-order valence-corrected chi connectivity index (χ4v) is 3.22. The fraction of sp³-hybridized carbons (Fsp3) is 0.667. The molecule has 108 valence electrons. The van der Waals surface area contributed by atoms with Crippen LogP contribution in [-0.2, 0) is 6.42 Å². The molecule has 0 aliphatic carbocycles. The first-order valence-electron chi connectivity index (χ1n) is 7.48. The molecule has 19 heavy (non-hydrogen) atoms. The molecule has 1 heteroatoms. The molecule has 0 heterocycles. The fourth-order valence-electron chi connectivity index (χ4n) is 3.22. The van der Waals surface area contributed by atoms with Gasteiger partial charge in [-0.25, -0.2) is 0 Å². The van der Waals surface area contributed by atoms with Crippen molar-refractivity contribution in [1.29, 1.82) is 0 Å². The second kappa shape index (κ2) is 6.56. The summed E-state index contributed by atoms with van der Waals surface area (Å²) in [7, 11) is 0. The van der Waals surface area contributed by atoms with Gasteiger partial charge in [0, 0.05) is 6.04 Å². The summed E-state index contributed by atoms with van der Waals surface area (Å²) in [5.74, 6) is 0.695. The molecule has 0 spiro atoms. The van der Waals surface area contributed by atoms with Crippen LogP contribution in [0.2, 0.25) is 0 Å². The van der Waals surface area contributed by atoms with E-state index in [0.717, 1.165) is 12.8 Å². The van der Waals surface area contributed by atoms with Crippen molar-refractivity contribution in [2.75, 3.05) is 0 Å². The highest BCUT2D eigenvalue weighted by Crippen LogP contribution is 2.27. The van der Waals surface area contributed by atoms with Gasteiger partial charge in [0.05, 0.1) is 0 Å². The van der Waals surface area contributed by atoms with E-state index >= 15 is 0 Å². The predicted molar refractivity (Wildman–Crippen MR) is 85.4 cm³/mol. The zero-order valence-corrected chi connectivity index (χ0v) is 13.6. The van der Waals surface area contributed by atoms with E-state index in [1.54, 1.807) is 0 Å². The van der Waals surface area contributed by atoms with E-state index in [4.69, 9.17) is 5.73 Å². The van der Waals surface area contributed by atoms with E-state index in [1.807, 2.05) is 0 Å². The molecule has 0 saturated carbocycles. The van der Waals surface area contributed by atoms with Crippen molar-refractivity contribution in [1.82, 2.24) is 0 Å². The molecule has 0 amide bonds. The van der Waals surface area contributed by atoms with Crippen molar-refractivity contribution >= 4 is 0 Å². The van der Waals surface area contributed by atoms with Gasteiger partial charge in [-0.1, -0.05) is 57.0 Å². The Bertz CT molecular complexity index is 380. The lowest BCUT2D eigenvalue weighted by Gasteiger charge is -2.25. The quantitative estimate of drug-likeness (QED) is 0.821. The minimum atomic E-state index is 0.276. The molecule has 0 fully saturated rings. The number of hydrogen-bond acceptors (Lipinski definition) is 1. The van der Waals surface area contributed by atoms with Gasteiger partial charge in [0.2, 0.25) is 0 Å². The van der Waals surface area contributed by atoms with Gasteiger partial charge in [-0.05, 0) is 50.0 Å².